The van der Waals surface area contributed by atoms with Crippen molar-refractivity contribution in [1.82, 2.24) is 14.7 Å². The maximum Gasteiger partial charge on any atom is 0.240 e. The lowest BCUT2D eigenvalue weighted by Gasteiger charge is -2.49. The van der Waals surface area contributed by atoms with E-state index in [0.717, 1.165) is 51.9 Å². The summed E-state index contributed by atoms with van der Waals surface area (Å²) in [7, 11) is 0. The lowest BCUT2D eigenvalue weighted by molar-refractivity contribution is -0.143. The third kappa shape index (κ3) is 5.48. The molecule has 0 radical (unpaired) electrons. The Hall–Kier alpha value is -3.48. The summed E-state index contributed by atoms with van der Waals surface area (Å²) in [5, 5.41) is 0. The highest BCUT2D eigenvalue weighted by molar-refractivity contribution is 5.91. The number of rotatable bonds is 9. The number of amides is 2. The van der Waals surface area contributed by atoms with Crippen molar-refractivity contribution >= 4 is 11.8 Å². The van der Waals surface area contributed by atoms with E-state index in [-0.39, 0.29) is 11.8 Å². The topological polar surface area (TPSA) is 69.9 Å². The molecule has 1 unspecified atom stereocenters. The largest absolute Gasteiger partial charge is 0.368 e. The molecule has 0 saturated carbocycles. The molecule has 3 aromatic rings. The van der Waals surface area contributed by atoms with Crippen LogP contribution in [0.25, 0.3) is 0 Å². The fourth-order valence-corrected chi connectivity index (χ4v) is 8.59. The molecule has 232 valence electrons. The molecule has 2 amide bonds. The van der Waals surface area contributed by atoms with Gasteiger partial charge in [0.25, 0.3) is 0 Å². The average molecular weight is 593 g/mol. The first-order valence-electron chi connectivity index (χ1n) is 16.6. The third-order valence-electron chi connectivity index (χ3n) is 10.6. The first-order valence-corrected chi connectivity index (χ1v) is 16.6. The first kappa shape index (κ1) is 30.5. The van der Waals surface area contributed by atoms with E-state index in [2.05, 4.69) is 101 Å². The Morgan fingerprint density at radius 3 is 1.89 bits per heavy atom. The standard InChI is InChI=1S/C38H48N4O2/c1-29(2)34(35(39)43)41-26-23-37(36(41)44)22-25-40(28-37)27-33-21-13-6-14-24-42(33)38(30-15-7-3-8-16-30,31-17-9-4-10-18-31)32-19-11-5-12-20-32/h3-5,7-12,15-20,29,33-34H,6,13-14,21-28H2,1-2H3,(H2,39,43)/t33-,34?,37-/m0/s1. The molecule has 0 aromatic heterocycles. The molecule has 3 fully saturated rings. The SMILES string of the molecule is CC(C)C(C(N)=O)N1CC[C@]2(CCN(C[C@@H]3CCCCCN3C(c3ccccc3)(c3ccccc3)c3ccccc3)C2)C1=O. The monoisotopic (exact) mass is 592 g/mol. The van der Waals surface area contributed by atoms with E-state index in [9.17, 15) is 9.59 Å². The van der Waals surface area contributed by atoms with Gasteiger partial charge in [0.2, 0.25) is 11.8 Å². The Balaban J connectivity index is 1.35. The molecule has 3 saturated heterocycles. The number of benzene rings is 3. The van der Waals surface area contributed by atoms with E-state index in [0.29, 0.717) is 12.6 Å². The number of carbonyl (C=O) groups is 2. The smallest absolute Gasteiger partial charge is 0.240 e. The highest BCUT2D eigenvalue weighted by Gasteiger charge is 2.54. The van der Waals surface area contributed by atoms with Gasteiger partial charge in [-0.1, -0.05) is 118 Å². The van der Waals surface area contributed by atoms with Crippen LogP contribution in [0.15, 0.2) is 91.0 Å². The fourth-order valence-electron chi connectivity index (χ4n) is 8.59. The molecule has 6 nitrogen and oxygen atoms in total. The average Bonchev–Trinajstić information content (AvgIpc) is 3.49. The lowest BCUT2D eigenvalue weighted by atomic mass is 9.74. The van der Waals surface area contributed by atoms with Gasteiger partial charge in [-0.05, 0) is 61.4 Å². The third-order valence-corrected chi connectivity index (χ3v) is 10.6. The van der Waals surface area contributed by atoms with Crippen LogP contribution in [0.4, 0.5) is 0 Å². The number of hydrogen-bond donors (Lipinski definition) is 1. The molecule has 3 aliphatic heterocycles. The number of likely N-dealkylation sites (tertiary alicyclic amines) is 3. The van der Waals surface area contributed by atoms with Gasteiger partial charge in [0.05, 0.1) is 11.0 Å². The molecule has 0 bridgehead atoms. The van der Waals surface area contributed by atoms with Crippen molar-refractivity contribution in [2.24, 2.45) is 17.1 Å². The van der Waals surface area contributed by atoms with Crippen molar-refractivity contribution in [3.8, 4) is 0 Å². The lowest BCUT2D eigenvalue weighted by Crippen LogP contribution is -2.56. The van der Waals surface area contributed by atoms with Crippen LogP contribution in [0, 0.1) is 11.3 Å². The van der Waals surface area contributed by atoms with Crippen LogP contribution in [0.2, 0.25) is 0 Å². The predicted octanol–water partition coefficient (Wildman–Crippen LogP) is 5.66. The molecular weight excluding hydrogens is 544 g/mol. The second-order valence-corrected chi connectivity index (χ2v) is 13.6. The minimum Gasteiger partial charge on any atom is -0.368 e. The van der Waals surface area contributed by atoms with Crippen LogP contribution in [0.5, 0.6) is 0 Å². The van der Waals surface area contributed by atoms with E-state index >= 15 is 0 Å². The summed E-state index contributed by atoms with van der Waals surface area (Å²) in [5.41, 5.74) is 8.79. The molecule has 6 rings (SSSR count). The molecule has 2 N–H and O–H groups in total. The molecule has 3 aliphatic rings. The maximum atomic E-state index is 13.9. The minimum atomic E-state index is -0.531. The van der Waals surface area contributed by atoms with Gasteiger partial charge in [-0.3, -0.25) is 14.5 Å². The molecule has 0 aliphatic carbocycles. The van der Waals surface area contributed by atoms with Gasteiger partial charge in [0, 0.05) is 25.7 Å². The van der Waals surface area contributed by atoms with Gasteiger partial charge in [-0.2, -0.15) is 0 Å². The van der Waals surface area contributed by atoms with Gasteiger partial charge >= 0.3 is 0 Å². The molecule has 3 aromatic carbocycles. The Bertz CT molecular complexity index is 1320. The van der Waals surface area contributed by atoms with Gasteiger partial charge < -0.3 is 15.5 Å². The van der Waals surface area contributed by atoms with Crippen molar-refractivity contribution in [3.05, 3.63) is 108 Å². The second kappa shape index (κ2) is 12.9. The van der Waals surface area contributed by atoms with Crippen LogP contribution in [-0.2, 0) is 15.1 Å². The van der Waals surface area contributed by atoms with Crippen molar-refractivity contribution in [2.45, 2.75) is 70.0 Å². The van der Waals surface area contributed by atoms with E-state index in [4.69, 9.17) is 5.73 Å². The zero-order chi connectivity index (χ0) is 30.7. The van der Waals surface area contributed by atoms with E-state index in [1.807, 2.05) is 13.8 Å². The van der Waals surface area contributed by atoms with Crippen LogP contribution in [0.3, 0.4) is 0 Å². The van der Waals surface area contributed by atoms with Crippen molar-refractivity contribution < 1.29 is 9.59 Å². The van der Waals surface area contributed by atoms with Crippen molar-refractivity contribution in [3.63, 3.8) is 0 Å². The van der Waals surface area contributed by atoms with Crippen LogP contribution in [-0.4, -0.2) is 71.3 Å². The zero-order valence-electron chi connectivity index (χ0n) is 26.4. The summed E-state index contributed by atoms with van der Waals surface area (Å²) in [6, 6.07) is 32.9. The summed E-state index contributed by atoms with van der Waals surface area (Å²) >= 11 is 0. The number of primary amides is 1. The fraction of sp³-hybridized carbons (Fsp3) is 0.474. The van der Waals surface area contributed by atoms with Gasteiger partial charge in [-0.25, -0.2) is 0 Å². The van der Waals surface area contributed by atoms with Crippen molar-refractivity contribution in [2.75, 3.05) is 32.7 Å². The summed E-state index contributed by atoms with van der Waals surface area (Å²) in [6.07, 6.45) is 6.36. The number of carbonyl (C=O) groups excluding carboxylic acids is 2. The molecule has 1 spiro atoms. The van der Waals surface area contributed by atoms with E-state index in [1.54, 1.807) is 4.90 Å². The summed E-state index contributed by atoms with van der Waals surface area (Å²) in [6.45, 7) is 8.16. The predicted molar refractivity (Wildman–Crippen MR) is 176 cm³/mol. The quantitative estimate of drug-likeness (QED) is 0.326. The van der Waals surface area contributed by atoms with Gasteiger partial charge in [0.15, 0.2) is 0 Å². The number of nitrogens with zero attached hydrogens (tertiary/aromatic N) is 3. The van der Waals surface area contributed by atoms with Gasteiger partial charge in [-0.15, -0.1) is 0 Å². The maximum absolute atomic E-state index is 13.9. The number of hydrogen-bond acceptors (Lipinski definition) is 4. The first-order chi connectivity index (χ1) is 21.4. The molecular formula is C38H48N4O2. The van der Waals surface area contributed by atoms with Crippen LogP contribution >= 0.6 is 0 Å². The normalized spacial score (nSPS) is 24.2. The van der Waals surface area contributed by atoms with Crippen LogP contribution < -0.4 is 5.73 Å². The second-order valence-electron chi connectivity index (χ2n) is 13.6. The summed E-state index contributed by atoms with van der Waals surface area (Å²) < 4.78 is 0. The summed E-state index contributed by atoms with van der Waals surface area (Å²) in [4.78, 5) is 33.4. The van der Waals surface area contributed by atoms with Gasteiger partial charge in [0.1, 0.15) is 6.04 Å². The van der Waals surface area contributed by atoms with E-state index in [1.165, 1.54) is 29.5 Å². The van der Waals surface area contributed by atoms with E-state index < -0.39 is 22.9 Å². The molecule has 44 heavy (non-hydrogen) atoms. The highest BCUT2D eigenvalue weighted by atomic mass is 16.2. The Morgan fingerprint density at radius 1 is 0.818 bits per heavy atom. The number of nitrogens with two attached hydrogens (primary N) is 1. The molecule has 3 atom stereocenters. The Labute approximate surface area is 263 Å². The van der Waals surface area contributed by atoms with Crippen molar-refractivity contribution in [1.29, 1.82) is 0 Å². The minimum absolute atomic E-state index is 0.00531. The Kier molecular flexibility index (Phi) is 8.93. The summed E-state index contributed by atoms with van der Waals surface area (Å²) in [5.74, 6) is -0.262. The Morgan fingerprint density at radius 2 is 1.36 bits per heavy atom. The molecule has 6 heteroatoms. The van der Waals surface area contributed by atoms with Crippen LogP contribution in [0.1, 0.15) is 69.1 Å². The highest BCUT2D eigenvalue weighted by Crippen LogP contribution is 2.46. The molecule has 3 heterocycles. The zero-order valence-corrected chi connectivity index (χ0v) is 26.4.